The van der Waals surface area contributed by atoms with E-state index in [4.69, 9.17) is 21.1 Å². The summed E-state index contributed by atoms with van der Waals surface area (Å²) in [6, 6.07) is 11.6. The Kier molecular flexibility index (Phi) is 8.23. The molecule has 0 aromatic heterocycles. The molecule has 1 saturated heterocycles. The number of rotatable bonds is 9. The lowest BCUT2D eigenvalue weighted by Gasteiger charge is -2.26. The minimum atomic E-state index is -0.779. The zero-order chi connectivity index (χ0) is 25.0. The van der Waals surface area contributed by atoms with Crippen LogP contribution in [0.15, 0.2) is 48.0 Å². The van der Waals surface area contributed by atoms with E-state index in [1.54, 1.807) is 18.2 Å². The molecule has 1 N–H and O–H groups in total. The third-order valence-corrected chi connectivity index (χ3v) is 5.88. The third-order valence-electron chi connectivity index (χ3n) is 5.55. The Morgan fingerprint density at radius 1 is 1.15 bits per heavy atom. The second-order valence-corrected chi connectivity index (χ2v) is 8.88. The minimum Gasteiger partial charge on any atom is -0.507 e. The van der Waals surface area contributed by atoms with Crippen LogP contribution in [0.3, 0.4) is 0 Å². The maximum Gasteiger partial charge on any atom is 0.295 e. The predicted octanol–water partition coefficient (Wildman–Crippen LogP) is 4.65. The average Bonchev–Trinajstić information content (AvgIpc) is 3.05. The molecule has 7 nitrogen and oxygen atoms in total. The summed E-state index contributed by atoms with van der Waals surface area (Å²) < 4.78 is 11.2. The number of halogens is 1. The van der Waals surface area contributed by atoms with E-state index in [1.807, 2.05) is 64.0 Å². The van der Waals surface area contributed by atoms with Crippen LogP contribution >= 0.6 is 11.6 Å². The van der Waals surface area contributed by atoms with E-state index in [9.17, 15) is 14.7 Å². The van der Waals surface area contributed by atoms with Crippen molar-refractivity contribution in [2.45, 2.75) is 32.9 Å². The van der Waals surface area contributed by atoms with Crippen molar-refractivity contribution in [3.05, 3.63) is 64.2 Å². The quantitative estimate of drug-likeness (QED) is 0.316. The van der Waals surface area contributed by atoms with Crippen LogP contribution in [0, 0.1) is 0 Å². The second-order valence-electron chi connectivity index (χ2n) is 8.47. The number of ketones is 1. The van der Waals surface area contributed by atoms with Crippen molar-refractivity contribution in [1.82, 2.24) is 4.90 Å². The van der Waals surface area contributed by atoms with E-state index in [1.165, 1.54) is 4.90 Å². The first kappa shape index (κ1) is 25.6. The van der Waals surface area contributed by atoms with Crippen LogP contribution in [0.1, 0.15) is 37.9 Å². The summed E-state index contributed by atoms with van der Waals surface area (Å²) in [4.78, 5) is 29.6. The van der Waals surface area contributed by atoms with Crippen LogP contribution < -0.4 is 9.64 Å². The number of amides is 1. The molecule has 2 aromatic rings. The van der Waals surface area contributed by atoms with Gasteiger partial charge in [0.25, 0.3) is 11.7 Å². The number of anilines is 1. The lowest BCUT2D eigenvalue weighted by molar-refractivity contribution is -0.140. The summed E-state index contributed by atoms with van der Waals surface area (Å²) in [5, 5.41) is 11.5. The highest BCUT2D eigenvalue weighted by molar-refractivity contribution is 6.47. The molecule has 1 amide bonds. The molecule has 1 aliphatic heterocycles. The molecule has 8 heteroatoms. The van der Waals surface area contributed by atoms with Gasteiger partial charge in [0.2, 0.25) is 0 Å². The summed E-state index contributed by atoms with van der Waals surface area (Å²) >= 11 is 6.37. The molecule has 34 heavy (non-hydrogen) atoms. The van der Waals surface area contributed by atoms with Crippen molar-refractivity contribution >= 4 is 34.7 Å². The molecule has 1 aliphatic rings. The van der Waals surface area contributed by atoms with E-state index in [-0.39, 0.29) is 41.2 Å². The molecule has 1 heterocycles. The molecule has 1 fully saturated rings. The van der Waals surface area contributed by atoms with E-state index < -0.39 is 17.7 Å². The number of carbonyl (C=O) groups excluding carboxylic acids is 2. The number of aliphatic hydroxyl groups is 1. The molecule has 182 valence electrons. The molecular weight excluding hydrogens is 456 g/mol. The van der Waals surface area contributed by atoms with Gasteiger partial charge in [-0.3, -0.25) is 9.59 Å². The first-order valence-electron chi connectivity index (χ1n) is 11.3. The highest BCUT2D eigenvalue weighted by Crippen LogP contribution is 2.41. The number of nitrogens with zero attached hydrogens (tertiary/aromatic N) is 2. The largest absolute Gasteiger partial charge is 0.507 e. The molecule has 3 rings (SSSR count). The lowest BCUT2D eigenvalue weighted by atomic mass is 9.95. The summed E-state index contributed by atoms with van der Waals surface area (Å²) in [5.74, 6) is -1.28. The van der Waals surface area contributed by atoms with Gasteiger partial charge in [-0.15, -0.1) is 0 Å². The van der Waals surface area contributed by atoms with Crippen molar-refractivity contribution in [2.24, 2.45) is 0 Å². The minimum absolute atomic E-state index is 0.0114. The highest BCUT2D eigenvalue weighted by atomic mass is 35.5. The van der Waals surface area contributed by atoms with Crippen LogP contribution in [-0.2, 0) is 14.3 Å². The van der Waals surface area contributed by atoms with Crippen LogP contribution in [-0.4, -0.2) is 61.7 Å². The van der Waals surface area contributed by atoms with Gasteiger partial charge in [-0.25, -0.2) is 0 Å². The van der Waals surface area contributed by atoms with Gasteiger partial charge in [0, 0.05) is 31.9 Å². The number of likely N-dealkylation sites (tertiary alicyclic amines) is 1. The SMILES string of the molecule is CCOc1ccc(Cl)c(/C(O)=C2\C(=O)C(=O)N(CCOC(C)C)C2c2ccc(N(C)C)cc2)c1. The van der Waals surface area contributed by atoms with Gasteiger partial charge in [-0.05, 0) is 56.7 Å². The molecule has 1 atom stereocenters. The van der Waals surface area contributed by atoms with E-state index in [2.05, 4.69) is 0 Å². The van der Waals surface area contributed by atoms with Crippen LogP contribution in [0.5, 0.6) is 5.75 Å². The Labute approximate surface area is 205 Å². The Bertz CT molecular complexity index is 1080. The van der Waals surface area contributed by atoms with Gasteiger partial charge in [0.1, 0.15) is 11.5 Å². The van der Waals surface area contributed by atoms with Crippen molar-refractivity contribution in [2.75, 3.05) is 38.8 Å². The predicted molar refractivity (Wildman–Crippen MR) is 133 cm³/mol. The fourth-order valence-corrected chi connectivity index (χ4v) is 4.09. The molecule has 0 radical (unpaired) electrons. The van der Waals surface area contributed by atoms with Crippen molar-refractivity contribution in [1.29, 1.82) is 0 Å². The number of Topliss-reactive ketones (excluding diaryl/α,β-unsaturated/α-hetero) is 1. The number of hydrogen-bond acceptors (Lipinski definition) is 6. The van der Waals surface area contributed by atoms with Crippen molar-refractivity contribution < 1.29 is 24.2 Å². The molecule has 0 spiro atoms. The molecule has 2 aromatic carbocycles. The standard InChI is InChI=1S/C26H31ClN2O5/c1-6-33-19-11-12-21(27)20(15-19)24(30)22-23(17-7-9-18(10-8-17)28(4)5)29(26(32)25(22)31)13-14-34-16(2)3/h7-12,15-16,23,30H,6,13-14H2,1-5H3/b24-22+. The first-order chi connectivity index (χ1) is 16.1. The van der Waals surface area contributed by atoms with Gasteiger partial charge in [-0.2, -0.15) is 0 Å². The van der Waals surface area contributed by atoms with E-state index in [0.717, 1.165) is 5.69 Å². The van der Waals surface area contributed by atoms with Crippen LogP contribution in [0.4, 0.5) is 5.69 Å². The highest BCUT2D eigenvalue weighted by Gasteiger charge is 2.46. The topological polar surface area (TPSA) is 79.3 Å². The Hall–Kier alpha value is -3.03. The van der Waals surface area contributed by atoms with Gasteiger partial charge in [-0.1, -0.05) is 23.7 Å². The maximum atomic E-state index is 13.2. The van der Waals surface area contributed by atoms with E-state index in [0.29, 0.717) is 17.9 Å². The van der Waals surface area contributed by atoms with Crippen molar-refractivity contribution in [3.63, 3.8) is 0 Å². The summed E-state index contributed by atoms with van der Waals surface area (Å²) in [6.07, 6.45) is -0.0187. The number of ether oxygens (including phenoxy) is 2. The second kappa shape index (κ2) is 10.9. The summed E-state index contributed by atoms with van der Waals surface area (Å²) in [7, 11) is 3.86. The van der Waals surface area contributed by atoms with Gasteiger partial charge in [0.15, 0.2) is 0 Å². The number of carbonyl (C=O) groups is 2. The monoisotopic (exact) mass is 486 g/mol. The number of hydrogen-bond donors (Lipinski definition) is 1. The average molecular weight is 487 g/mol. The van der Waals surface area contributed by atoms with Crippen LogP contribution in [0.25, 0.3) is 5.76 Å². The Morgan fingerprint density at radius 2 is 1.82 bits per heavy atom. The van der Waals surface area contributed by atoms with E-state index >= 15 is 0 Å². The van der Waals surface area contributed by atoms with Gasteiger partial charge < -0.3 is 24.4 Å². The first-order valence-corrected chi connectivity index (χ1v) is 11.6. The van der Waals surface area contributed by atoms with Gasteiger partial charge in [0.05, 0.1) is 36.0 Å². The Morgan fingerprint density at radius 3 is 2.41 bits per heavy atom. The smallest absolute Gasteiger partial charge is 0.295 e. The number of benzene rings is 2. The molecule has 1 unspecified atom stereocenters. The maximum absolute atomic E-state index is 13.2. The fraction of sp³-hybridized carbons (Fsp3) is 0.385. The summed E-state index contributed by atoms with van der Waals surface area (Å²) in [6.45, 7) is 6.54. The molecule has 0 aliphatic carbocycles. The number of aliphatic hydroxyl groups excluding tert-OH is 1. The molecule has 0 bridgehead atoms. The van der Waals surface area contributed by atoms with Gasteiger partial charge >= 0.3 is 0 Å². The normalized spacial score (nSPS) is 17.5. The molecule has 0 saturated carbocycles. The van der Waals surface area contributed by atoms with Crippen molar-refractivity contribution in [3.8, 4) is 5.75 Å². The zero-order valence-corrected chi connectivity index (χ0v) is 20.9. The van der Waals surface area contributed by atoms with Crippen LogP contribution in [0.2, 0.25) is 5.02 Å². The lowest BCUT2D eigenvalue weighted by Crippen LogP contribution is -2.33. The molecular formula is C26H31ClN2O5. The summed E-state index contributed by atoms with van der Waals surface area (Å²) in [5.41, 5.74) is 1.89. The fourth-order valence-electron chi connectivity index (χ4n) is 3.89. The third kappa shape index (κ3) is 5.37. The zero-order valence-electron chi connectivity index (χ0n) is 20.2. The Balaban J connectivity index is 2.13.